The number of ketones is 2. The van der Waals surface area contributed by atoms with Crippen molar-refractivity contribution in [2.24, 2.45) is 0 Å². The second-order valence-corrected chi connectivity index (χ2v) is 2.68. The molecule has 0 aromatic rings. The highest BCUT2D eigenvalue weighted by atomic mass is 16.1. The van der Waals surface area contributed by atoms with Crippen LogP contribution in [0.4, 0.5) is 0 Å². The van der Waals surface area contributed by atoms with E-state index >= 15 is 0 Å². The molecule has 0 rings (SSSR count). The molecular weight excluding hydrogens is 140 g/mol. The number of Topliss-reactive ketones (excluding diaryl/α,β-unsaturated/α-hetero) is 2. The van der Waals surface area contributed by atoms with E-state index in [1.165, 1.54) is 6.92 Å². The van der Waals surface area contributed by atoms with Crippen LogP contribution in [0.25, 0.3) is 0 Å². The van der Waals surface area contributed by atoms with Crippen LogP contribution >= 0.6 is 0 Å². The van der Waals surface area contributed by atoms with Gasteiger partial charge in [-0.25, -0.2) is 0 Å². The van der Waals surface area contributed by atoms with Gasteiger partial charge < -0.3 is 4.79 Å². The van der Waals surface area contributed by atoms with E-state index in [1.807, 2.05) is 6.08 Å². The fourth-order valence-electron chi connectivity index (χ4n) is 0.636. The number of hydrogen-bond donors (Lipinski definition) is 0. The first-order valence-corrected chi connectivity index (χ1v) is 3.71. The van der Waals surface area contributed by atoms with Gasteiger partial charge in [0, 0.05) is 6.42 Å². The minimum absolute atomic E-state index is 0.0774. The summed E-state index contributed by atoms with van der Waals surface area (Å²) in [7, 11) is 0. The molecule has 0 atom stereocenters. The van der Waals surface area contributed by atoms with Crippen molar-refractivity contribution in [2.75, 3.05) is 0 Å². The first-order valence-electron chi connectivity index (χ1n) is 3.71. The fourth-order valence-corrected chi connectivity index (χ4v) is 0.636. The van der Waals surface area contributed by atoms with Gasteiger partial charge in [-0.15, -0.1) is 0 Å². The molecule has 0 unspecified atom stereocenters. The molecule has 11 heavy (non-hydrogen) atoms. The maximum absolute atomic E-state index is 10.7. The molecule has 2 heteroatoms. The van der Waals surface area contributed by atoms with Crippen molar-refractivity contribution in [1.82, 2.24) is 0 Å². The van der Waals surface area contributed by atoms with Gasteiger partial charge in [-0.1, -0.05) is 6.08 Å². The van der Waals surface area contributed by atoms with Crippen molar-refractivity contribution in [3.63, 3.8) is 0 Å². The Morgan fingerprint density at radius 1 is 1.18 bits per heavy atom. The van der Waals surface area contributed by atoms with Crippen LogP contribution in [0.2, 0.25) is 0 Å². The van der Waals surface area contributed by atoms with E-state index in [4.69, 9.17) is 0 Å². The predicted molar refractivity (Wildman–Crippen MR) is 44.4 cm³/mol. The molecule has 0 aliphatic carbocycles. The molecule has 0 aromatic carbocycles. The Bertz CT molecular complexity index is 190. The van der Waals surface area contributed by atoms with Crippen molar-refractivity contribution >= 4 is 11.6 Å². The summed E-state index contributed by atoms with van der Waals surface area (Å²) < 4.78 is 0. The number of hydrogen-bond acceptors (Lipinski definition) is 2. The predicted octanol–water partition coefficient (Wildman–Crippen LogP) is 1.89. The topological polar surface area (TPSA) is 34.1 Å². The lowest BCUT2D eigenvalue weighted by Gasteiger charge is -1.92. The SMILES string of the molecule is CC(=O)CC/C=C(\C)C(C)=O. The van der Waals surface area contributed by atoms with Gasteiger partial charge >= 0.3 is 0 Å². The smallest absolute Gasteiger partial charge is 0.155 e. The fraction of sp³-hybridized carbons (Fsp3) is 0.556. The molecule has 0 aromatic heterocycles. The van der Waals surface area contributed by atoms with E-state index in [0.717, 1.165) is 5.57 Å². The monoisotopic (exact) mass is 154 g/mol. The van der Waals surface area contributed by atoms with Crippen LogP contribution in [-0.4, -0.2) is 11.6 Å². The standard InChI is InChI=1S/C9H14O2/c1-7(9(3)11)5-4-6-8(2)10/h5H,4,6H2,1-3H3/b7-5+. The Morgan fingerprint density at radius 3 is 2.09 bits per heavy atom. The zero-order valence-electron chi connectivity index (χ0n) is 7.31. The Labute approximate surface area is 67.3 Å². The van der Waals surface area contributed by atoms with Crippen LogP contribution in [0.5, 0.6) is 0 Å². The highest BCUT2D eigenvalue weighted by Crippen LogP contribution is 1.99. The van der Waals surface area contributed by atoms with E-state index in [0.29, 0.717) is 12.8 Å². The third kappa shape index (κ3) is 5.52. The van der Waals surface area contributed by atoms with Gasteiger partial charge in [-0.2, -0.15) is 0 Å². The molecule has 0 bridgehead atoms. The molecule has 0 radical (unpaired) electrons. The van der Waals surface area contributed by atoms with E-state index < -0.39 is 0 Å². The van der Waals surface area contributed by atoms with E-state index in [-0.39, 0.29) is 11.6 Å². The van der Waals surface area contributed by atoms with Crippen LogP contribution in [0.1, 0.15) is 33.6 Å². The Hall–Kier alpha value is -0.920. The van der Waals surface area contributed by atoms with Crippen LogP contribution in [0, 0.1) is 0 Å². The average molecular weight is 154 g/mol. The van der Waals surface area contributed by atoms with E-state index in [2.05, 4.69) is 0 Å². The molecule has 0 heterocycles. The van der Waals surface area contributed by atoms with Gasteiger partial charge in [0.15, 0.2) is 5.78 Å². The molecular formula is C9H14O2. The molecule has 0 amide bonds. The lowest BCUT2D eigenvalue weighted by molar-refractivity contribution is -0.117. The van der Waals surface area contributed by atoms with Crippen molar-refractivity contribution in [3.05, 3.63) is 11.6 Å². The molecule has 0 saturated carbocycles. The third-order valence-electron chi connectivity index (χ3n) is 1.50. The Morgan fingerprint density at radius 2 is 1.73 bits per heavy atom. The molecule has 2 nitrogen and oxygen atoms in total. The zero-order valence-corrected chi connectivity index (χ0v) is 7.31. The minimum atomic E-state index is 0.0774. The largest absolute Gasteiger partial charge is 0.300 e. The van der Waals surface area contributed by atoms with Crippen LogP contribution in [0.15, 0.2) is 11.6 Å². The Kier molecular flexibility index (Phi) is 4.42. The van der Waals surface area contributed by atoms with Crippen molar-refractivity contribution in [2.45, 2.75) is 33.6 Å². The number of carbonyl (C=O) groups excluding carboxylic acids is 2. The summed E-state index contributed by atoms with van der Waals surface area (Å²) >= 11 is 0. The molecule has 0 spiro atoms. The van der Waals surface area contributed by atoms with Gasteiger partial charge in [0.05, 0.1) is 0 Å². The molecule has 0 aliphatic heterocycles. The second-order valence-electron chi connectivity index (χ2n) is 2.68. The van der Waals surface area contributed by atoms with Crippen LogP contribution < -0.4 is 0 Å². The van der Waals surface area contributed by atoms with E-state index in [9.17, 15) is 9.59 Å². The summed E-state index contributed by atoms with van der Waals surface area (Å²) in [6, 6.07) is 0. The number of carbonyl (C=O) groups is 2. The zero-order chi connectivity index (χ0) is 8.85. The molecule has 62 valence electrons. The Balaban J connectivity index is 3.74. The highest BCUT2D eigenvalue weighted by molar-refractivity contribution is 5.92. The van der Waals surface area contributed by atoms with Gasteiger partial charge in [-0.3, -0.25) is 4.79 Å². The van der Waals surface area contributed by atoms with E-state index in [1.54, 1.807) is 13.8 Å². The first kappa shape index (κ1) is 10.1. The van der Waals surface area contributed by atoms with Gasteiger partial charge in [-0.05, 0) is 32.8 Å². The average Bonchev–Trinajstić information content (AvgIpc) is 1.86. The maximum atomic E-state index is 10.7. The lowest BCUT2D eigenvalue weighted by Crippen LogP contribution is -1.92. The van der Waals surface area contributed by atoms with Crippen molar-refractivity contribution < 1.29 is 9.59 Å². The molecule has 0 saturated heterocycles. The van der Waals surface area contributed by atoms with Crippen LogP contribution in [0.3, 0.4) is 0 Å². The third-order valence-corrected chi connectivity index (χ3v) is 1.50. The highest BCUT2D eigenvalue weighted by Gasteiger charge is 1.95. The maximum Gasteiger partial charge on any atom is 0.155 e. The normalized spacial score (nSPS) is 11.4. The number of allylic oxidation sites excluding steroid dienone is 2. The van der Waals surface area contributed by atoms with Gasteiger partial charge in [0.25, 0.3) is 0 Å². The van der Waals surface area contributed by atoms with Crippen molar-refractivity contribution in [1.29, 1.82) is 0 Å². The van der Waals surface area contributed by atoms with Crippen molar-refractivity contribution in [3.8, 4) is 0 Å². The second kappa shape index (κ2) is 4.83. The van der Waals surface area contributed by atoms with Gasteiger partial charge in [0.2, 0.25) is 0 Å². The quantitative estimate of drug-likeness (QED) is 0.579. The minimum Gasteiger partial charge on any atom is -0.300 e. The molecule has 0 N–H and O–H groups in total. The van der Waals surface area contributed by atoms with Crippen LogP contribution in [-0.2, 0) is 9.59 Å². The summed E-state index contributed by atoms with van der Waals surface area (Å²) in [5.74, 6) is 0.242. The summed E-state index contributed by atoms with van der Waals surface area (Å²) in [5.41, 5.74) is 0.742. The summed E-state index contributed by atoms with van der Waals surface area (Å²) in [4.78, 5) is 21.1. The lowest BCUT2D eigenvalue weighted by atomic mass is 10.1. The summed E-state index contributed by atoms with van der Waals surface area (Å²) in [5, 5.41) is 0. The summed E-state index contributed by atoms with van der Waals surface area (Å²) in [6.07, 6.45) is 3.02. The van der Waals surface area contributed by atoms with Gasteiger partial charge in [0.1, 0.15) is 5.78 Å². The molecule has 0 fully saturated rings. The molecule has 0 aliphatic rings. The number of rotatable bonds is 4. The first-order chi connectivity index (χ1) is 5.04. The summed E-state index contributed by atoms with van der Waals surface area (Å²) in [6.45, 7) is 4.85.